The van der Waals surface area contributed by atoms with Crippen LogP contribution in [0.3, 0.4) is 0 Å². The number of carbonyl (C=O) groups excluding carboxylic acids is 1. The van der Waals surface area contributed by atoms with Crippen LogP contribution in [0.4, 0.5) is 0 Å². The summed E-state index contributed by atoms with van der Waals surface area (Å²) >= 11 is 1.63. The van der Waals surface area contributed by atoms with Gasteiger partial charge in [0.25, 0.3) is 0 Å². The third-order valence-electron chi connectivity index (χ3n) is 6.41. The summed E-state index contributed by atoms with van der Waals surface area (Å²) in [6, 6.07) is 8.95. The van der Waals surface area contributed by atoms with Gasteiger partial charge in [-0.3, -0.25) is 9.78 Å². The Bertz CT molecular complexity index is 941. The van der Waals surface area contributed by atoms with Crippen LogP contribution in [0.2, 0.25) is 0 Å². The number of hydrogen-bond acceptors (Lipinski definition) is 10. The fourth-order valence-corrected chi connectivity index (χ4v) is 5.31. The molecule has 1 saturated heterocycles. The van der Waals surface area contributed by atoms with Crippen molar-refractivity contribution in [3.63, 3.8) is 0 Å². The van der Waals surface area contributed by atoms with Gasteiger partial charge in [-0.1, -0.05) is 6.07 Å². The fourth-order valence-electron chi connectivity index (χ4n) is 4.29. The minimum absolute atomic E-state index is 0.113. The number of aliphatic hydroxyl groups excluding tert-OH is 6. The van der Waals surface area contributed by atoms with Crippen LogP contribution in [0.5, 0.6) is 0 Å². The van der Waals surface area contributed by atoms with E-state index in [4.69, 9.17) is 4.74 Å². The van der Waals surface area contributed by atoms with Gasteiger partial charge in [-0.05, 0) is 56.9 Å². The Morgan fingerprint density at radius 3 is 2.53 bits per heavy atom. The SMILES string of the molecule is C[C@@H](O)[C@@H](O)C(CC[C@H]1O[C@H](CO)[C@H](O)[C@H](O)[C@H]1O)NC(=O)CCCc1ccc(-c2ccccn2)s1. The normalized spacial score (nSPS) is 26.8. The van der Waals surface area contributed by atoms with E-state index in [0.29, 0.717) is 12.8 Å². The van der Waals surface area contributed by atoms with Crippen molar-refractivity contribution in [1.29, 1.82) is 0 Å². The molecule has 1 aliphatic rings. The first-order valence-corrected chi connectivity index (χ1v) is 13.0. The number of nitrogens with zero attached hydrogens (tertiary/aromatic N) is 1. The van der Waals surface area contributed by atoms with Crippen LogP contribution in [0, 0.1) is 0 Å². The molecule has 0 aliphatic carbocycles. The van der Waals surface area contributed by atoms with Crippen molar-refractivity contribution < 1.29 is 40.2 Å². The topological polar surface area (TPSA) is 173 Å². The van der Waals surface area contributed by atoms with Crippen LogP contribution in [0.15, 0.2) is 36.5 Å². The van der Waals surface area contributed by atoms with Gasteiger partial charge in [-0.15, -0.1) is 11.3 Å². The number of pyridine rings is 1. The molecule has 1 unspecified atom stereocenters. The number of hydrogen-bond donors (Lipinski definition) is 7. The lowest BCUT2D eigenvalue weighted by molar-refractivity contribution is -0.231. The lowest BCUT2D eigenvalue weighted by Gasteiger charge is -2.40. The molecule has 0 aromatic carbocycles. The molecule has 0 bridgehead atoms. The maximum absolute atomic E-state index is 12.6. The smallest absolute Gasteiger partial charge is 0.220 e. The number of rotatable bonds is 12. The third-order valence-corrected chi connectivity index (χ3v) is 7.58. The molecule has 0 radical (unpaired) electrons. The highest BCUT2D eigenvalue weighted by Gasteiger charge is 2.43. The summed E-state index contributed by atoms with van der Waals surface area (Å²) in [4.78, 5) is 19.1. The van der Waals surface area contributed by atoms with Gasteiger partial charge in [-0.2, -0.15) is 0 Å². The molecule has 10 nitrogen and oxygen atoms in total. The van der Waals surface area contributed by atoms with Crippen LogP contribution in [0.1, 0.15) is 37.5 Å². The van der Waals surface area contributed by atoms with Crippen molar-refractivity contribution in [3.05, 3.63) is 41.4 Å². The first-order chi connectivity index (χ1) is 17.2. The Morgan fingerprint density at radius 1 is 1.11 bits per heavy atom. The first kappa shape index (κ1) is 28.6. The highest BCUT2D eigenvalue weighted by Crippen LogP contribution is 2.28. The number of aliphatic hydroxyl groups is 6. The molecule has 8 atom stereocenters. The first-order valence-electron chi connectivity index (χ1n) is 12.2. The Labute approximate surface area is 214 Å². The summed E-state index contributed by atoms with van der Waals surface area (Å²) < 4.78 is 5.50. The van der Waals surface area contributed by atoms with Gasteiger partial charge < -0.3 is 40.7 Å². The molecule has 3 heterocycles. The zero-order chi connectivity index (χ0) is 26.2. The summed E-state index contributed by atoms with van der Waals surface area (Å²) in [7, 11) is 0. The van der Waals surface area contributed by atoms with E-state index in [9.17, 15) is 35.4 Å². The minimum Gasteiger partial charge on any atom is -0.394 e. The Morgan fingerprint density at radius 2 is 1.86 bits per heavy atom. The highest BCUT2D eigenvalue weighted by molar-refractivity contribution is 7.15. The molecular formula is C25H36N2O8S. The second-order valence-electron chi connectivity index (χ2n) is 9.18. The molecule has 0 saturated carbocycles. The number of thiophene rings is 1. The van der Waals surface area contributed by atoms with E-state index in [1.54, 1.807) is 17.5 Å². The fraction of sp³-hybridized carbons (Fsp3) is 0.600. The molecule has 1 aliphatic heterocycles. The van der Waals surface area contributed by atoms with Crippen molar-refractivity contribution in [2.24, 2.45) is 0 Å². The average Bonchev–Trinajstić information content (AvgIpc) is 3.35. The van der Waals surface area contributed by atoms with E-state index < -0.39 is 55.4 Å². The largest absolute Gasteiger partial charge is 0.394 e. The van der Waals surface area contributed by atoms with Gasteiger partial charge in [0.2, 0.25) is 5.91 Å². The summed E-state index contributed by atoms with van der Waals surface area (Å²) in [6.45, 7) is 0.874. The van der Waals surface area contributed by atoms with E-state index >= 15 is 0 Å². The number of amides is 1. The number of aryl methyl sites for hydroxylation is 1. The van der Waals surface area contributed by atoms with Crippen molar-refractivity contribution in [2.45, 2.75) is 87.8 Å². The quantitative estimate of drug-likeness (QED) is 0.201. The molecule has 11 heteroatoms. The van der Waals surface area contributed by atoms with Gasteiger partial charge in [0.15, 0.2) is 0 Å². The zero-order valence-corrected chi connectivity index (χ0v) is 21.0. The van der Waals surface area contributed by atoms with E-state index in [1.165, 1.54) is 6.92 Å². The maximum atomic E-state index is 12.6. The zero-order valence-electron chi connectivity index (χ0n) is 20.2. The van der Waals surface area contributed by atoms with Crippen LogP contribution < -0.4 is 5.32 Å². The Hall–Kier alpha value is -1.96. The van der Waals surface area contributed by atoms with Crippen molar-refractivity contribution in [3.8, 4) is 10.6 Å². The van der Waals surface area contributed by atoms with Gasteiger partial charge in [0, 0.05) is 17.5 Å². The van der Waals surface area contributed by atoms with E-state index in [-0.39, 0.29) is 25.2 Å². The van der Waals surface area contributed by atoms with Gasteiger partial charge >= 0.3 is 0 Å². The third kappa shape index (κ3) is 7.53. The minimum atomic E-state index is -1.49. The van der Waals surface area contributed by atoms with Crippen LogP contribution in [-0.2, 0) is 16.0 Å². The van der Waals surface area contributed by atoms with Crippen molar-refractivity contribution in [1.82, 2.24) is 10.3 Å². The Balaban J connectivity index is 1.51. The van der Waals surface area contributed by atoms with E-state index in [0.717, 1.165) is 15.4 Å². The number of nitrogens with one attached hydrogen (secondary N) is 1. The Kier molecular flexibility index (Phi) is 10.8. The number of carbonyl (C=O) groups is 1. The highest BCUT2D eigenvalue weighted by atomic mass is 32.1. The number of aromatic nitrogens is 1. The summed E-state index contributed by atoms with van der Waals surface area (Å²) in [5, 5.41) is 62.6. The molecule has 1 fully saturated rings. The van der Waals surface area contributed by atoms with Crippen LogP contribution in [-0.4, -0.2) is 96.9 Å². The van der Waals surface area contributed by atoms with Crippen LogP contribution >= 0.6 is 11.3 Å². The van der Waals surface area contributed by atoms with Gasteiger partial charge in [0.05, 0.1) is 41.5 Å². The van der Waals surface area contributed by atoms with E-state index in [2.05, 4.69) is 10.3 Å². The average molecular weight is 525 g/mol. The molecule has 2 aromatic rings. The molecule has 36 heavy (non-hydrogen) atoms. The lowest BCUT2D eigenvalue weighted by Crippen LogP contribution is -2.58. The van der Waals surface area contributed by atoms with Crippen LogP contribution in [0.25, 0.3) is 10.6 Å². The molecule has 7 N–H and O–H groups in total. The molecule has 1 amide bonds. The van der Waals surface area contributed by atoms with Gasteiger partial charge in [0.1, 0.15) is 24.4 Å². The molecule has 0 spiro atoms. The maximum Gasteiger partial charge on any atom is 0.220 e. The summed E-state index contributed by atoms with van der Waals surface area (Å²) in [5.41, 5.74) is 0.904. The number of ether oxygens (including phenoxy) is 1. The van der Waals surface area contributed by atoms with Crippen molar-refractivity contribution >= 4 is 17.2 Å². The molecule has 2 aromatic heterocycles. The summed E-state index contributed by atoms with van der Waals surface area (Å²) in [6.07, 6.45) is -5.14. The lowest BCUT2D eigenvalue weighted by atomic mass is 9.90. The van der Waals surface area contributed by atoms with E-state index in [1.807, 2.05) is 30.3 Å². The standard InChI is InChI=1S/C25H36N2O8S/c1-14(29)22(31)17(9-10-18-23(32)25(34)24(33)19(13-28)35-18)27-21(30)7-4-5-15-8-11-20(36-15)16-6-2-3-12-26-16/h2-3,6,8,11-12,14,17-19,22-25,28-29,31-34H,4-5,7,9-10,13H2,1H3,(H,27,30)/t14-,17?,18-,19-,22-,23+,24+,25-/m1/s1. The second kappa shape index (κ2) is 13.5. The predicted octanol–water partition coefficient (Wildman–Crippen LogP) is -0.0181. The predicted molar refractivity (Wildman–Crippen MR) is 133 cm³/mol. The molecule has 3 rings (SSSR count). The second-order valence-corrected chi connectivity index (χ2v) is 10.4. The monoisotopic (exact) mass is 524 g/mol. The molecule has 200 valence electrons. The summed E-state index contributed by atoms with van der Waals surface area (Å²) in [5.74, 6) is -0.282. The van der Waals surface area contributed by atoms with Crippen molar-refractivity contribution in [2.75, 3.05) is 6.61 Å². The van der Waals surface area contributed by atoms with Gasteiger partial charge in [-0.25, -0.2) is 0 Å². The molecular weight excluding hydrogens is 488 g/mol.